The molecule has 1 heterocycles. The minimum absolute atomic E-state index is 0.0243. The molecule has 0 aromatic heterocycles. The quantitative estimate of drug-likeness (QED) is 0.203. The molecule has 186 valence electrons. The standard InChI is InChI=1S/C25H16ClN3O8/c26-17-5-10-21(37-13-14-1-6-19(7-2-14)29(35)36)16(11-17)12-20-22(30)27-25(34)28(23(20)31)18-8-3-15(4-9-18)24(32)33/h1-12H,13H2,(H,32,33)(H,27,30,34)/b20-12+. The Morgan fingerprint density at radius 3 is 2.35 bits per heavy atom. The number of carbonyl (C=O) groups is 4. The van der Waals surface area contributed by atoms with Gasteiger partial charge in [-0.25, -0.2) is 14.5 Å². The fourth-order valence-corrected chi connectivity index (χ4v) is 3.62. The number of urea groups is 1. The number of hydrogen-bond acceptors (Lipinski definition) is 7. The Morgan fingerprint density at radius 1 is 1.05 bits per heavy atom. The number of benzene rings is 3. The van der Waals surface area contributed by atoms with E-state index in [1.807, 2.05) is 0 Å². The number of nitro benzene ring substituents is 1. The van der Waals surface area contributed by atoms with Crippen molar-refractivity contribution in [3.05, 3.63) is 104 Å². The fourth-order valence-electron chi connectivity index (χ4n) is 3.44. The van der Waals surface area contributed by atoms with Crippen LogP contribution in [0.3, 0.4) is 0 Å². The molecule has 4 amide bonds. The van der Waals surface area contributed by atoms with Crippen LogP contribution in [0.4, 0.5) is 16.2 Å². The maximum atomic E-state index is 13.2. The minimum atomic E-state index is -1.18. The molecule has 11 nitrogen and oxygen atoms in total. The fraction of sp³-hybridized carbons (Fsp3) is 0.0400. The maximum Gasteiger partial charge on any atom is 0.335 e. The lowest BCUT2D eigenvalue weighted by molar-refractivity contribution is -0.384. The molecule has 2 N–H and O–H groups in total. The SMILES string of the molecule is O=C1NC(=O)N(c2ccc(C(=O)O)cc2)C(=O)/C1=C/c1cc(Cl)ccc1OCc1ccc([N+](=O)[O-])cc1. The van der Waals surface area contributed by atoms with Gasteiger partial charge in [0.25, 0.3) is 17.5 Å². The predicted octanol–water partition coefficient (Wildman–Crippen LogP) is 4.19. The molecular weight excluding hydrogens is 506 g/mol. The Morgan fingerprint density at radius 2 is 1.73 bits per heavy atom. The number of carbonyl (C=O) groups excluding carboxylic acids is 3. The van der Waals surface area contributed by atoms with E-state index in [2.05, 4.69) is 5.32 Å². The Hall–Kier alpha value is -5.03. The van der Waals surface area contributed by atoms with Crippen LogP contribution >= 0.6 is 11.6 Å². The zero-order valence-electron chi connectivity index (χ0n) is 18.7. The van der Waals surface area contributed by atoms with Crippen LogP contribution in [0.2, 0.25) is 5.02 Å². The largest absolute Gasteiger partial charge is 0.488 e. The molecule has 1 saturated heterocycles. The van der Waals surface area contributed by atoms with Gasteiger partial charge in [0, 0.05) is 22.7 Å². The van der Waals surface area contributed by atoms with Gasteiger partial charge in [-0.1, -0.05) is 11.6 Å². The molecule has 0 saturated carbocycles. The van der Waals surface area contributed by atoms with Crippen LogP contribution < -0.4 is 15.0 Å². The molecular formula is C25H16ClN3O8. The first kappa shape index (κ1) is 25.1. The van der Waals surface area contributed by atoms with E-state index in [-0.39, 0.29) is 45.5 Å². The molecule has 0 bridgehead atoms. The minimum Gasteiger partial charge on any atom is -0.488 e. The number of carboxylic acids is 1. The Bertz CT molecular complexity index is 1470. The van der Waals surface area contributed by atoms with Crippen LogP contribution in [0.5, 0.6) is 5.75 Å². The van der Waals surface area contributed by atoms with Crippen molar-refractivity contribution in [2.75, 3.05) is 4.90 Å². The van der Waals surface area contributed by atoms with Gasteiger partial charge in [0.05, 0.1) is 16.2 Å². The summed E-state index contributed by atoms with van der Waals surface area (Å²) in [6.07, 6.45) is 1.22. The third kappa shape index (κ3) is 5.46. The lowest BCUT2D eigenvalue weighted by Gasteiger charge is -2.26. The molecule has 0 spiro atoms. The van der Waals surface area contributed by atoms with Gasteiger partial charge in [-0.05, 0) is 66.2 Å². The molecule has 0 aliphatic carbocycles. The van der Waals surface area contributed by atoms with E-state index >= 15 is 0 Å². The first-order valence-corrected chi connectivity index (χ1v) is 10.9. The van der Waals surface area contributed by atoms with Crippen LogP contribution in [0.15, 0.2) is 72.3 Å². The Kier molecular flexibility index (Phi) is 6.98. The van der Waals surface area contributed by atoms with E-state index in [9.17, 15) is 29.3 Å². The third-order valence-corrected chi connectivity index (χ3v) is 5.52. The Labute approximate surface area is 213 Å². The van der Waals surface area contributed by atoms with E-state index in [1.54, 1.807) is 0 Å². The number of anilines is 1. The van der Waals surface area contributed by atoms with Crippen molar-refractivity contribution < 1.29 is 33.9 Å². The topological polar surface area (TPSA) is 156 Å². The van der Waals surface area contributed by atoms with Crippen LogP contribution in [-0.4, -0.2) is 33.8 Å². The van der Waals surface area contributed by atoms with Gasteiger partial charge >= 0.3 is 12.0 Å². The molecule has 1 aliphatic heterocycles. The average Bonchev–Trinajstić information content (AvgIpc) is 2.86. The summed E-state index contributed by atoms with van der Waals surface area (Å²) in [5.41, 5.74) is 0.458. The molecule has 0 unspecified atom stereocenters. The number of aromatic carboxylic acids is 1. The van der Waals surface area contributed by atoms with Gasteiger partial charge < -0.3 is 9.84 Å². The molecule has 1 aliphatic rings. The van der Waals surface area contributed by atoms with Crippen molar-refractivity contribution in [2.45, 2.75) is 6.61 Å². The normalized spacial score (nSPS) is 14.5. The van der Waals surface area contributed by atoms with E-state index in [0.717, 1.165) is 0 Å². The number of nitrogens with one attached hydrogen (secondary N) is 1. The first-order chi connectivity index (χ1) is 17.6. The number of imide groups is 2. The van der Waals surface area contributed by atoms with Crippen molar-refractivity contribution in [3.63, 3.8) is 0 Å². The van der Waals surface area contributed by atoms with Gasteiger partial charge in [-0.3, -0.25) is 25.0 Å². The zero-order chi connectivity index (χ0) is 26.7. The summed E-state index contributed by atoms with van der Waals surface area (Å²) in [4.78, 5) is 60.3. The molecule has 1 fully saturated rings. The van der Waals surface area contributed by atoms with Crippen LogP contribution in [0.25, 0.3) is 6.08 Å². The number of ether oxygens (including phenoxy) is 1. The number of nitrogens with zero attached hydrogens (tertiary/aromatic N) is 2. The van der Waals surface area contributed by atoms with E-state index in [0.29, 0.717) is 10.5 Å². The van der Waals surface area contributed by atoms with Crippen molar-refractivity contribution in [2.24, 2.45) is 0 Å². The number of carboxylic acid groups (broad SMARTS) is 1. The summed E-state index contributed by atoms with van der Waals surface area (Å²) in [6.45, 7) is 0.0243. The number of rotatable bonds is 7. The Balaban J connectivity index is 1.63. The monoisotopic (exact) mass is 521 g/mol. The molecule has 12 heteroatoms. The molecule has 4 rings (SSSR count). The number of barbiturate groups is 1. The van der Waals surface area contributed by atoms with E-state index in [4.69, 9.17) is 21.4 Å². The number of hydrogen-bond donors (Lipinski definition) is 2. The second-order valence-corrected chi connectivity index (χ2v) is 8.14. The second kappa shape index (κ2) is 10.3. The van der Waals surface area contributed by atoms with E-state index < -0.39 is 28.7 Å². The summed E-state index contributed by atoms with van der Waals surface area (Å²) in [7, 11) is 0. The van der Waals surface area contributed by atoms with Gasteiger partial charge in [-0.15, -0.1) is 0 Å². The highest BCUT2D eigenvalue weighted by Crippen LogP contribution is 2.29. The zero-order valence-corrected chi connectivity index (χ0v) is 19.5. The molecule has 3 aromatic carbocycles. The number of amides is 4. The number of halogens is 1. The van der Waals surface area contributed by atoms with Gasteiger partial charge in [0.15, 0.2) is 0 Å². The first-order valence-electron chi connectivity index (χ1n) is 10.5. The maximum absolute atomic E-state index is 13.2. The summed E-state index contributed by atoms with van der Waals surface area (Å²) in [5.74, 6) is -2.79. The summed E-state index contributed by atoms with van der Waals surface area (Å²) >= 11 is 6.11. The van der Waals surface area contributed by atoms with Gasteiger partial charge in [0.1, 0.15) is 17.9 Å². The van der Waals surface area contributed by atoms with Crippen molar-refractivity contribution in [1.82, 2.24) is 5.32 Å². The lowest BCUT2D eigenvalue weighted by Crippen LogP contribution is -2.54. The molecule has 0 atom stereocenters. The van der Waals surface area contributed by atoms with Gasteiger partial charge in [0.2, 0.25) is 0 Å². The van der Waals surface area contributed by atoms with Crippen LogP contribution in [-0.2, 0) is 16.2 Å². The van der Waals surface area contributed by atoms with Crippen LogP contribution in [0.1, 0.15) is 21.5 Å². The predicted molar refractivity (Wildman–Crippen MR) is 131 cm³/mol. The highest BCUT2D eigenvalue weighted by Gasteiger charge is 2.37. The highest BCUT2D eigenvalue weighted by atomic mass is 35.5. The van der Waals surface area contributed by atoms with Gasteiger partial charge in [-0.2, -0.15) is 0 Å². The van der Waals surface area contributed by atoms with Crippen molar-refractivity contribution >= 4 is 52.9 Å². The van der Waals surface area contributed by atoms with Crippen molar-refractivity contribution in [3.8, 4) is 5.75 Å². The molecule has 3 aromatic rings. The average molecular weight is 522 g/mol. The summed E-state index contributed by atoms with van der Waals surface area (Å²) < 4.78 is 5.81. The second-order valence-electron chi connectivity index (χ2n) is 7.70. The molecule has 0 radical (unpaired) electrons. The summed E-state index contributed by atoms with van der Waals surface area (Å²) in [5, 5.41) is 22.3. The number of non-ortho nitro benzene ring substituents is 1. The summed E-state index contributed by atoms with van der Waals surface area (Å²) in [6, 6.07) is 14.3. The molecule has 37 heavy (non-hydrogen) atoms. The number of nitro groups is 1. The smallest absolute Gasteiger partial charge is 0.335 e. The van der Waals surface area contributed by atoms with Crippen molar-refractivity contribution in [1.29, 1.82) is 0 Å². The van der Waals surface area contributed by atoms with Crippen LogP contribution in [0, 0.1) is 10.1 Å². The highest BCUT2D eigenvalue weighted by molar-refractivity contribution is 6.39. The third-order valence-electron chi connectivity index (χ3n) is 5.29. The van der Waals surface area contributed by atoms with E-state index in [1.165, 1.54) is 72.8 Å². The lowest BCUT2D eigenvalue weighted by atomic mass is 10.1.